The molecule has 3 aromatic rings. The predicted molar refractivity (Wildman–Crippen MR) is 99.5 cm³/mol. The van der Waals surface area contributed by atoms with Gasteiger partial charge in [-0.2, -0.15) is 0 Å². The van der Waals surface area contributed by atoms with Gasteiger partial charge in [-0.15, -0.1) is 0 Å². The highest BCUT2D eigenvalue weighted by molar-refractivity contribution is 6.22. The zero-order chi connectivity index (χ0) is 18.8. The van der Waals surface area contributed by atoms with Gasteiger partial charge in [0.25, 0.3) is 5.91 Å². The molecule has 0 aromatic heterocycles. The monoisotopic (exact) mass is 361 g/mol. The number of halogens is 1. The molecule has 5 heteroatoms. The molecule has 0 heterocycles. The van der Waals surface area contributed by atoms with E-state index < -0.39 is 0 Å². The van der Waals surface area contributed by atoms with Crippen molar-refractivity contribution < 1.29 is 18.7 Å². The van der Waals surface area contributed by atoms with E-state index in [0.29, 0.717) is 29.0 Å². The molecule has 0 aliphatic heterocycles. The number of ether oxygens (including phenoxy) is 1. The summed E-state index contributed by atoms with van der Waals surface area (Å²) in [6.07, 6.45) is 0. The van der Waals surface area contributed by atoms with Gasteiger partial charge in [0.2, 0.25) is 0 Å². The van der Waals surface area contributed by atoms with Crippen LogP contribution in [-0.2, 0) is 0 Å². The largest absolute Gasteiger partial charge is 0.492 e. The number of carbonyl (C=O) groups is 2. The molecule has 0 atom stereocenters. The van der Waals surface area contributed by atoms with Gasteiger partial charge in [-0.25, -0.2) is 4.39 Å². The first-order valence-electron chi connectivity index (χ1n) is 8.58. The van der Waals surface area contributed by atoms with Crippen LogP contribution in [-0.4, -0.2) is 24.8 Å². The molecule has 3 aromatic carbocycles. The number of hydrogen-bond acceptors (Lipinski definition) is 3. The normalized spacial score (nSPS) is 11.7. The van der Waals surface area contributed by atoms with Crippen molar-refractivity contribution in [2.75, 3.05) is 13.2 Å². The van der Waals surface area contributed by atoms with Gasteiger partial charge >= 0.3 is 0 Å². The second-order valence-corrected chi connectivity index (χ2v) is 6.19. The van der Waals surface area contributed by atoms with Gasteiger partial charge in [0.1, 0.15) is 18.2 Å². The molecule has 0 saturated heterocycles. The lowest BCUT2D eigenvalue weighted by Gasteiger charge is -2.08. The molecule has 0 saturated carbocycles. The third-order valence-corrected chi connectivity index (χ3v) is 4.46. The zero-order valence-electron chi connectivity index (χ0n) is 14.4. The third-order valence-electron chi connectivity index (χ3n) is 4.46. The number of ketones is 1. The van der Waals surface area contributed by atoms with E-state index in [9.17, 15) is 14.0 Å². The van der Waals surface area contributed by atoms with Gasteiger partial charge < -0.3 is 10.1 Å². The minimum absolute atomic E-state index is 0.0603. The highest BCUT2D eigenvalue weighted by atomic mass is 19.1. The summed E-state index contributed by atoms with van der Waals surface area (Å²) in [7, 11) is 0. The molecule has 27 heavy (non-hydrogen) atoms. The van der Waals surface area contributed by atoms with Gasteiger partial charge in [-0.1, -0.05) is 30.3 Å². The first-order chi connectivity index (χ1) is 13.1. The van der Waals surface area contributed by atoms with E-state index >= 15 is 0 Å². The molecule has 0 fully saturated rings. The van der Waals surface area contributed by atoms with Crippen LogP contribution in [0.5, 0.6) is 5.75 Å². The lowest BCUT2D eigenvalue weighted by Crippen LogP contribution is -2.28. The number of amides is 1. The lowest BCUT2D eigenvalue weighted by atomic mass is 10.0. The Labute approximate surface area is 155 Å². The number of nitrogens with one attached hydrogen (secondary N) is 1. The summed E-state index contributed by atoms with van der Waals surface area (Å²) in [5, 5.41) is 2.76. The fourth-order valence-electron chi connectivity index (χ4n) is 3.14. The highest BCUT2D eigenvalue weighted by Crippen LogP contribution is 2.36. The number of carbonyl (C=O) groups excluding carboxylic acids is 2. The van der Waals surface area contributed by atoms with Crippen molar-refractivity contribution in [2.24, 2.45) is 0 Å². The fraction of sp³-hybridized carbons (Fsp3) is 0.0909. The average molecular weight is 361 g/mol. The topological polar surface area (TPSA) is 55.4 Å². The maximum absolute atomic E-state index is 12.8. The van der Waals surface area contributed by atoms with Crippen molar-refractivity contribution in [1.29, 1.82) is 0 Å². The van der Waals surface area contributed by atoms with Crippen LogP contribution in [0.15, 0.2) is 66.7 Å². The van der Waals surface area contributed by atoms with Gasteiger partial charge in [-0.3, -0.25) is 9.59 Å². The molecule has 1 aliphatic rings. The van der Waals surface area contributed by atoms with Crippen LogP contribution in [0.4, 0.5) is 4.39 Å². The van der Waals surface area contributed by atoms with Crippen molar-refractivity contribution in [3.05, 3.63) is 89.2 Å². The Kier molecular flexibility index (Phi) is 4.42. The minimum atomic E-state index is -0.330. The molecule has 0 unspecified atom stereocenters. The average Bonchev–Trinajstić information content (AvgIpc) is 2.99. The van der Waals surface area contributed by atoms with Crippen LogP contribution in [0.3, 0.4) is 0 Å². The number of hydrogen-bond donors (Lipinski definition) is 1. The Balaban J connectivity index is 1.39. The summed E-state index contributed by atoms with van der Waals surface area (Å²) < 4.78 is 18.3. The summed E-state index contributed by atoms with van der Waals surface area (Å²) in [4.78, 5) is 24.9. The maximum atomic E-state index is 12.8. The van der Waals surface area contributed by atoms with Crippen LogP contribution in [0.1, 0.15) is 26.3 Å². The van der Waals surface area contributed by atoms with E-state index in [4.69, 9.17) is 4.74 Å². The SMILES string of the molecule is O=C(NCCOc1ccc(F)cc1)c1ccc2c(c1)C(=O)c1ccccc1-2. The van der Waals surface area contributed by atoms with Crippen LogP contribution in [0.2, 0.25) is 0 Å². The summed E-state index contributed by atoms with van der Waals surface area (Å²) in [6, 6.07) is 18.3. The van der Waals surface area contributed by atoms with Crippen molar-refractivity contribution in [1.82, 2.24) is 5.32 Å². The van der Waals surface area contributed by atoms with Crippen LogP contribution < -0.4 is 10.1 Å². The van der Waals surface area contributed by atoms with E-state index in [1.807, 2.05) is 24.3 Å². The first-order valence-corrected chi connectivity index (χ1v) is 8.58. The molecule has 0 radical (unpaired) electrons. The molecular formula is C22H16FNO3. The van der Waals surface area contributed by atoms with Gasteiger partial charge in [0.05, 0.1) is 6.54 Å². The summed E-state index contributed by atoms with van der Waals surface area (Å²) in [5.74, 6) is -0.130. The number of fused-ring (bicyclic) bond motifs is 3. The Hall–Kier alpha value is -3.47. The fourth-order valence-corrected chi connectivity index (χ4v) is 3.14. The Morgan fingerprint density at radius 3 is 2.37 bits per heavy atom. The molecule has 4 nitrogen and oxygen atoms in total. The smallest absolute Gasteiger partial charge is 0.251 e. The van der Waals surface area contributed by atoms with Crippen molar-refractivity contribution >= 4 is 11.7 Å². The van der Waals surface area contributed by atoms with E-state index in [1.165, 1.54) is 24.3 Å². The van der Waals surface area contributed by atoms with E-state index in [0.717, 1.165) is 11.1 Å². The standard InChI is InChI=1S/C22H16FNO3/c23-15-6-8-16(9-7-15)27-12-11-24-22(26)14-5-10-18-17-3-1-2-4-19(17)21(25)20(18)13-14/h1-10,13H,11-12H2,(H,24,26). The summed E-state index contributed by atoms with van der Waals surface area (Å²) in [5.41, 5.74) is 3.39. The van der Waals surface area contributed by atoms with Crippen LogP contribution in [0, 0.1) is 5.82 Å². The molecule has 134 valence electrons. The molecule has 1 aliphatic carbocycles. The molecule has 0 bridgehead atoms. The minimum Gasteiger partial charge on any atom is -0.492 e. The first kappa shape index (κ1) is 17.0. The van der Waals surface area contributed by atoms with Gasteiger partial charge in [0, 0.05) is 16.7 Å². The highest BCUT2D eigenvalue weighted by Gasteiger charge is 2.26. The van der Waals surface area contributed by atoms with Gasteiger partial charge in [0.15, 0.2) is 5.78 Å². The van der Waals surface area contributed by atoms with E-state index in [1.54, 1.807) is 18.2 Å². The number of benzene rings is 3. The van der Waals surface area contributed by atoms with Crippen LogP contribution >= 0.6 is 0 Å². The second-order valence-electron chi connectivity index (χ2n) is 6.19. The summed E-state index contributed by atoms with van der Waals surface area (Å²) >= 11 is 0. The Morgan fingerprint density at radius 1 is 0.889 bits per heavy atom. The zero-order valence-corrected chi connectivity index (χ0v) is 14.4. The Morgan fingerprint density at radius 2 is 1.59 bits per heavy atom. The molecule has 0 spiro atoms. The molecule has 1 amide bonds. The third kappa shape index (κ3) is 3.31. The van der Waals surface area contributed by atoms with Crippen molar-refractivity contribution in [2.45, 2.75) is 0 Å². The molecular weight excluding hydrogens is 345 g/mol. The quantitative estimate of drug-likeness (QED) is 0.550. The van der Waals surface area contributed by atoms with Crippen molar-refractivity contribution in [3.63, 3.8) is 0 Å². The lowest BCUT2D eigenvalue weighted by molar-refractivity contribution is 0.0947. The van der Waals surface area contributed by atoms with E-state index in [2.05, 4.69) is 5.32 Å². The van der Waals surface area contributed by atoms with E-state index in [-0.39, 0.29) is 24.1 Å². The van der Waals surface area contributed by atoms with Gasteiger partial charge in [-0.05, 0) is 47.5 Å². The molecule has 1 N–H and O–H groups in total. The maximum Gasteiger partial charge on any atom is 0.251 e. The van der Waals surface area contributed by atoms with Crippen molar-refractivity contribution in [3.8, 4) is 16.9 Å². The predicted octanol–water partition coefficient (Wildman–Crippen LogP) is 3.85. The Bertz CT molecular complexity index is 1030. The van der Waals surface area contributed by atoms with Crippen LogP contribution in [0.25, 0.3) is 11.1 Å². The number of rotatable bonds is 5. The summed E-state index contributed by atoms with van der Waals surface area (Å²) in [6.45, 7) is 0.550. The molecule has 4 rings (SSSR count). The second kappa shape index (κ2) is 7.03.